The van der Waals surface area contributed by atoms with Gasteiger partial charge in [0.25, 0.3) is 0 Å². The summed E-state index contributed by atoms with van der Waals surface area (Å²) in [7, 11) is 3.86. The molecule has 166 valence electrons. The minimum absolute atomic E-state index is 0.451. The summed E-state index contributed by atoms with van der Waals surface area (Å²) >= 11 is 13.7. The van der Waals surface area contributed by atoms with Crippen LogP contribution < -0.4 is 20.9 Å². The number of nitrogens with zero attached hydrogens (tertiary/aromatic N) is 5. The number of hydrogen-bond donors (Lipinski definition) is 3. The highest BCUT2D eigenvalue weighted by Crippen LogP contribution is 2.25. The molecule has 0 unspecified atom stereocenters. The molecule has 0 aliphatic carbocycles. The van der Waals surface area contributed by atoms with Crippen molar-refractivity contribution in [3.05, 3.63) is 57.5 Å². The molecular formula is C21H22Cl2N8S. The topological polar surface area (TPSA) is 90.9 Å². The molecule has 0 saturated carbocycles. The molecule has 2 aromatic heterocycles. The van der Waals surface area contributed by atoms with Crippen LogP contribution in [0.1, 0.15) is 5.56 Å². The molecule has 4 rings (SSSR count). The molecule has 0 bridgehead atoms. The lowest BCUT2D eigenvalue weighted by Gasteiger charge is -2.18. The molecule has 3 N–H and O–H groups in total. The number of thiazole rings is 1. The summed E-state index contributed by atoms with van der Waals surface area (Å²) < 4.78 is 1.09. The smallest absolute Gasteiger partial charge is 0.233 e. The Morgan fingerprint density at radius 1 is 1.00 bits per heavy atom. The summed E-state index contributed by atoms with van der Waals surface area (Å²) in [5.41, 5.74) is 4.65. The van der Waals surface area contributed by atoms with E-state index in [9.17, 15) is 0 Å². The van der Waals surface area contributed by atoms with Crippen molar-refractivity contribution in [3.63, 3.8) is 0 Å². The Bertz CT molecular complexity index is 1220. The molecule has 0 radical (unpaired) electrons. The number of likely N-dealkylation sites (N-methyl/N-ethyl adjacent to an activating group) is 2. The Labute approximate surface area is 200 Å². The number of anilines is 4. The van der Waals surface area contributed by atoms with E-state index in [0.717, 1.165) is 34.6 Å². The first kappa shape index (κ1) is 22.5. The van der Waals surface area contributed by atoms with E-state index in [-0.39, 0.29) is 0 Å². The van der Waals surface area contributed by atoms with Gasteiger partial charge in [-0.15, -0.1) is 11.3 Å². The second kappa shape index (κ2) is 10.3. The van der Waals surface area contributed by atoms with Crippen molar-refractivity contribution >= 4 is 68.3 Å². The van der Waals surface area contributed by atoms with Gasteiger partial charge in [-0.2, -0.15) is 15.0 Å². The Hall–Kier alpha value is -2.72. The molecule has 0 fully saturated rings. The second-order valence-electron chi connectivity index (χ2n) is 7.07. The molecule has 11 heteroatoms. The van der Waals surface area contributed by atoms with Gasteiger partial charge in [-0.3, -0.25) is 0 Å². The number of aromatic nitrogens is 4. The van der Waals surface area contributed by atoms with Gasteiger partial charge < -0.3 is 20.9 Å². The van der Waals surface area contributed by atoms with Crippen LogP contribution in [0, 0.1) is 0 Å². The zero-order chi connectivity index (χ0) is 22.5. The van der Waals surface area contributed by atoms with Gasteiger partial charge in [-0.05, 0) is 42.9 Å². The number of benzene rings is 2. The molecule has 0 saturated heterocycles. The normalized spacial score (nSPS) is 11.0. The SMILES string of the molecule is CNCCN(C)c1nc(NCc2ccc(Cl)c(Cl)c2)nc(Nc2ccc3ncsc3c2)n1. The van der Waals surface area contributed by atoms with E-state index in [2.05, 4.69) is 35.9 Å². The second-order valence-corrected chi connectivity index (χ2v) is 8.77. The number of fused-ring (bicyclic) bond motifs is 1. The molecule has 0 amide bonds. The van der Waals surface area contributed by atoms with Gasteiger partial charge in [0.1, 0.15) is 0 Å². The van der Waals surface area contributed by atoms with Gasteiger partial charge in [-0.1, -0.05) is 29.3 Å². The summed E-state index contributed by atoms with van der Waals surface area (Å²) in [6.07, 6.45) is 0. The van der Waals surface area contributed by atoms with Gasteiger partial charge in [0.05, 0.1) is 25.8 Å². The van der Waals surface area contributed by atoms with Crippen LogP contribution in [0.5, 0.6) is 0 Å². The molecule has 0 spiro atoms. The largest absolute Gasteiger partial charge is 0.350 e. The van der Waals surface area contributed by atoms with Crippen molar-refractivity contribution in [2.24, 2.45) is 0 Å². The fraction of sp³-hybridized carbons (Fsp3) is 0.238. The van der Waals surface area contributed by atoms with E-state index in [1.54, 1.807) is 17.4 Å². The average molecular weight is 489 g/mol. The van der Waals surface area contributed by atoms with Gasteiger partial charge in [0, 0.05) is 32.4 Å². The van der Waals surface area contributed by atoms with Crippen LogP contribution in [-0.4, -0.2) is 47.1 Å². The molecule has 4 aromatic rings. The van der Waals surface area contributed by atoms with E-state index in [4.69, 9.17) is 23.2 Å². The van der Waals surface area contributed by atoms with Crippen LogP contribution in [-0.2, 0) is 6.54 Å². The van der Waals surface area contributed by atoms with E-state index >= 15 is 0 Å². The van der Waals surface area contributed by atoms with Gasteiger partial charge in [0.2, 0.25) is 17.8 Å². The maximum atomic E-state index is 6.13. The molecule has 2 heterocycles. The van der Waals surface area contributed by atoms with E-state index < -0.39 is 0 Å². The highest BCUT2D eigenvalue weighted by atomic mass is 35.5. The van der Waals surface area contributed by atoms with Gasteiger partial charge >= 0.3 is 0 Å². The van der Waals surface area contributed by atoms with Crippen LogP contribution >= 0.6 is 34.5 Å². The molecular weight excluding hydrogens is 467 g/mol. The first-order valence-corrected chi connectivity index (χ1v) is 11.6. The third-order valence-electron chi connectivity index (χ3n) is 4.68. The monoisotopic (exact) mass is 488 g/mol. The Morgan fingerprint density at radius 3 is 2.66 bits per heavy atom. The molecule has 0 aliphatic heterocycles. The maximum Gasteiger partial charge on any atom is 0.233 e. The molecule has 2 aromatic carbocycles. The van der Waals surface area contributed by atoms with Crippen molar-refractivity contribution in [1.82, 2.24) is 25.3 Å². The molecule has 8 nitrogen and oxygen atoms in total. The Kier molecular flexibility index (Phi) is 7.21. The molecule has 0 atom stereocenters. The number of rotatable bonds is 9. The van der Waals surface area contributed by atoms with Crippen LogP contribution in [0.4, 0.5) is 23.5 Å². The van der Waals surface area contributed by atoms with Gasteiger partial charge in [-0.25, -0.2) is 4.98 Å². The van der Waals surface area contributed by atoms with Crippen LogP contribution in [0.2, 0.25) is 10.0 Å². The fourth-order valence-electron chi connectivity index (χ4n) is 2.94. The maximum absolute atomic E-state index is 6.13. The summed E-state index contributed by atoms with van der Waals surface area (Å²) in [6, 6.07) is 11.5. The predicted molar refractivity (Wildman–Crippen MR) is 134 cm³/mol. The van der Waals surface area contributed by atoms with Crippen molar-refractivity contribution < 1.29 is 0 Å². The fourth-order valence-corrected chi connectivity index (χ4v) is 3.98. The number of nitrogens with one attached hydrogen (secondary N) is 3. The molecule has 0 aliphatic rings. The lowest BCUT2D eigenvalue weighted by molar-refractivity contribution is 0.751. The highest BCUT2D eigenvalue weighted by molar-refractivity contribution is 7.16. The summed E-state index contributed by atoms with van der Waals surface area (Å²) in [5.74, 6) is 1.47. The van der Waals surface area contributed by atoms with E-state index in [1.165, 1.54) is 0 Å². The Balaban J connectivity index is 1.58. The minimum atomic E-state index is 0.451. The van der Waals surface area contributed by atoms with Crippen molar-refractivity contribution in [2.45, 2.75) is 6.54 Å². The lowest BCUT2D eigenvalue weighted by atomic mass is 10.2. The van der Waals surface area contributed by atoms with Crippen LogP contribution in [0.3, 0.4) is 0 Å². The predicted octanol–water partition coefficient (Wildman–Crippen LogP) is 4.80. The van der Waals surface area contributed by atoms with Crippen molar-refractivity contribution in [3.8, 4) is 0 Å². The first-order chi connectivity index (χ1) is 15.5. The third-order valence-corrected chi connectivity index (χ3v) is 6.22. The average Bonchev–Trinajstić information content (AvgIpc) is 3.26. The van der Waals surface area contributed by atoms with E-state index in [1.807, 2.05) is 54.8 Å². The van der Waals surface area contributed by atoms with Gasteiger partial charge in [0.15, 0.2) is 0 Å². The van der Waals surface area contributed by atoms with E-state index in [0.29, 0.717) is 34.4 Å². The zero-order valence-electron chi connectivity index (χ0n) is 17.6. The quantitative estimate of drug-likeness (QED) is 0.309. The zero-order valence-corrected chi connectivity index (χ0v) is 19.9. The first-order valence-electron chi connectivity index (χ1n) is 9.92. The standard InChI is InChI=1S/C21H22Cl2N8S/c1-24-7-8-31(2)21-29-19(25-11-13-3-5-15(22)16(23)9-13)28-20(30-21)27-14-4-6-17-18(10-14)32-12-26-17/h3-6,9-10,12,24H,7-8,11H2,1-2H3,(H2,25,27,28,29,30). The number of halogens is 2. The highest BCUT2D eigenvalue weighted by Gasteiger charge is 2.12. The minimum Gasteiger partial charge on any atom is -0.350 e. The Morgan fingerprint density at radius 2 is 1.84 bits per heavy atom. The van der Waals surface area contributed by atoms with Crippen LogP contribution in [0.25, 0.3) is 10.2 Å². The van der Waals surface area contributed by atoms with Crippen molar-refractivity contribution in [2.75, 3.05) is 42.7 Å². The lowest BCUT2D eigenvalue weighted by Crippen LogP contribution is -2.29. The number of hydrogen-bond acceptors (Lipinski definition) is 9. The van der Waals surface area contributed by atoms with Crippen molar-refractivity contribution in [1.29, 1.82) is 0 Å². The molecule has 32 heavy (non-hydrogen) atoms. The summed E-state index contributed by atoms with van der Waals surface area (Å²) in [6.45, 7) is 2.05. The summed E-state index contributed by atoms with van der Waals surface area (Å²) in [5, 5.41) is 10.7. The van der Waals surface area contributed by atoms with Crippen LogP contribution in [0.15, 0.2) is 41.9 Å². The summed E-state index contributed by atoms with van der Waals surface area (Å²) in [4.78, 5) is 20.0. The third kappa shape index (κ3) is 5.55.